The van der Waals surface area contributed by atoms with Gasteiger partial charge >= 0.3 is 6.61 Å². The van der Waals surface area contributed by atoms with Gasteiger partial charge in [0.2, 0.25) is 0 Å². The highest BCUT2D eigenvalue weighted by Crippen LogP contribution is 2.29. The number of methoxy groups -OCH3 is 1. The van der Waals surface area contributed by atoms with Crippen molar-refractivity contribution >= 4 is 11.8 Å². The van der Waals surface area contributed by atoms with Crippen LogP contribution in [0.4, 0.5) is 8.78 Å². The Morgan fingerprint density at radius 2 is 1.75 bits per heavy atom. The quantitative estimate of drug-likeness (QED) is 0.706. The fourth-order valence-electron chi connectivity index (χ4n) is 2.19. The van der Waals surface area contributed by atoms with E-state index >= 15 is 0 Å². The molecule has 2 amide bonds. The third kappa shape index (κ3) is 5.83. The molecular weight excluding hydrogens is 374 g/mol. The number of hydrogen-bond donors (Lipinski definition) is 2. The Morgan fingerprint density at radius 3 is 2.39 bits per heavy atom. The molecule has 2 aromatic carbocycles. The van der Waals surface area contributed by atoms with Gasteiger partial charge in [-0.05, 0) is 55.3 Å². The molecule has 0 saturated carbocycles. The van der Waals surface area contributed by atoms with Crippen molar-refractivity contribution in [2.24, 2.45) is 0 Å². The summed E-state index contributed by atoms with van der Waals surface area (Å²) in [6, 6.07) is 9.12. The number of carbonyl (C=O) groups excluding carboxylic acids is 2. The first-order valence-electron chi connectivity index (χ1n) is 8.22. The average molecular weight is 394 g/mol. The van der Waals surface area contributed by atoms with Crippen LogP contribution in [-0.4, -0.2) is 32.1 Å². The SMILES string of the molecule is COc1ccc(C(=O)NNC(=O)COc2ccc(C)c(C)c2)cc1OC(F)F. The topological polar surface area (TPSA) is 85.9 Å². The van der Waals surface area contributed by atoms with Gasteiger partial charge in [0, 0.05) is 5.56 Å². The summed E-state index contributed by atoms with van der Waals surface area (Å²) in [5.74, 6) is -1.05. The van der Waals surface area contributed by atoms with Crippen LogP contribution < -0.4 is 25.1 Å². The maximum atomic E-state index is 12.4. The van der Waals surface area contributed by atoms with E-state index in [0.29, 0.717) is 5.75 Å². The molecule has 150 valence electrons. The van der Waals surface area contributed by atoms with E-state index in [-0.39, 0.29) is 23.7 Å². The van der Waals surface area contributed by atoms with Gasteiger partial charge < -0.3 is 14.2 Å². The van der Waals surface area contributed by atoms with Gasteiger partial charge in [-0.15, -0.1) is 0 Å². The summed E-state index contributed by atoms with van der Waals surface area (Å²) >= 11 is 0. The minimum absolute atomic E-state index is 0.00757. The largest absolute Gasteiger partial charge is 0.493 e. The highest BCUT2D eigenvalue weighted by atomic mass is 19.3. The van der Waals surface area contributed by atoms with Gasteiger partial charge in [-0.3, -0.25) is 20.4 Å². The number of hydrazine groups is 1. The van der Waals surface area contributed by atoms with Crippen molar-refractivity contribution in [3.8, 4) is 17.2 Å². The Bertz CT molecular complexity index is 858. The minimum Gasteiger partial charge on any atom is -0.493 e. The molecule has 0 aliphatic rings. The third-order valence-corrected chi connectivity index (χ3v) is 3.81. The number of rotatable bonds is 7. The molecule has 9 heteroatoms. The van der Waals surface area contributed by atoms with Crippen molar-refractivity contribution in [2.45, 2.75) is 20.5 Å². The molecule has 0 bridgehead atoms. The lowest BCUT2D eigenvalue weighted by Crippen LogP contribution is -2.43. The van der Waals surface area contributed by atoms with Gasteiger partial charge in [-0.2, -0.15) is 8.78 Å². The Balaban J connectivity index is 1.90. The number of aryl methyl sites for hydroxylation is 2. The summed E-state index contributed by atoms with van der Waals surface area (Å²) in [5.41, 5.74) is 6.46. The Kier molecular flexibility index (Phi) is 7.14. The van der Waals surface area contributed by atoms with E-state index in [1.807, 2.05) is 19.9 Å². The summed E-state index contributed by atoms with van der Waals surface area (Å²) in [6.07, 6.45) is 0. The molecular formula is C19H20F2N2O5. The molecule has 0 spiro atoms. The Hall–Kier alpha value is -3.36. The highest BCUT2D eigenvalue weighted by molar-refractivity contribution is 5.96. The van der Waals surface area contributed by atoms with Gasteiger partial charge in [-0.1, -0.05) is 6.07 Å². The first-order valence-corrected chi connectivity index (χ1v) is 8.22. The number of benzene rings is 2. The smallest absolute Gasteiger partial charge is 0.387 e. The zero-order chi connectivity index (χ0) is 20.7. The van der Waals surface area contributed by atoms with Crippen molar-refractivity contribution < 1.29 is 32.6 Å². The number of nitrogens with one attached hydrogen (secondary N) is 2. The lowest BCUT2D eigenvalue weighted by molar-refractivity contribution is -0.123. The molecule has 7 nitrogen and oxygen atoms in total. The van der Waals surface area contributed by atoms with E-state index in [0.717, 1.165) is 17.2 Å². The molecule has 0 aliphatic heterocycles. The molecule has 0 fully saturated rings. The summed E-state index contributed by atoms with van der Waals surface area (Å²) < 4.78 is 39.4. The molecule has 2 aromatic rings. The second kappa shape index (κ2) is 9.54. The van der Waals surface area contributed by atoms with Crippen molar-refractivity contribution in [3.63, 3.8) is 0 Å². The average Bonchev–Trinajstić information content (AvgIpc) is 2.66. The van der Waals surface area contributed by atoms with Crippen LogP contribution in [0.15, 0.2) is 36.4 Å². The van der Waals surface area contributed by atoms with E-state index in [2.05, 4.69) is 15.6 Å². The highest BCUT2D eigenvalue weighted by Gasteiger charge is 2.15. The first kappa shape index (κ1) is 20.9. The number of hydrogen-bond acceptors (Lipinski definition) is 5. The normalized spacial score (nSPS) is 10.4. The van der Waals surface area contributed by atoms with Gasteiger partial charge in [0.05, 0.1) is 7.11 Å². The second-order valence-electron chi connectivity index (χ2n) is 5.78. The number of alkyl halides is 2. The number of carbonyl (C=O) groups is 2. The van der Waals surface area contributed by atoms with Crippen LogP contribution in [0.25, 0.3) is 0 Å². The van der Waals surface area contributed by atoms with Gasteiger partial charge in [0.1, 0.15) is 5.75 Å². The van der Waals surface area contributed by atoms with Crippen molar-refractivity contribution in [3.05, 3.63) is 53.1 Å². The van der Waals surface area contributed by atoms with Crippen LogP contribution in [0.2, 0.25) is 0 Å². The van der Waals surface area contributed by atoms with Crippen molar-refractivity contribution in [1.82, 2.24) is 10.9 Å². The van der Waals surface area contributed by atoms with Crippen LogP contribution in [0.1, 0.15) is 21.5 Å². The summed E-state index contributed by atoms with van der Waals surface area (Å²) in [5, 5.41) is 0. The van der Waals surface area contributed by atoms with Crippen LogP contribution in [0, 0.1) is 13.8 Å². The Morgan fingerprint density at radius 1 is 1.00 bits per heavy atom. The third-order valence-electron chi connectivity index (χ3n) is 3.81. The molecule has 0 unspecified atom stereocenters. The van der Waals surface area contributed by atoms with E-state index in [9.17, 15) is 18.4 Å². The van der Waals surface area contributed by atoms with E-state index in [1.165, 1.54) is 19.2 Å². The van der Waals surface area contributed by atoms with Crippen LogP contribution >= 0.6 is 0 Å². The maximum absolute atomic E-state index is 12.4. The van der Waals surface area contributed by atoms with E-state index in [4.69, 9.17) is 9.47 Å². The second-order valence-corrected chi connectivity index (χ2v) is 5.78. The predicted molar refractivity (Wildman–Crippen MR) is 96.6 cm³/mol. The van der Waals surface area contributed by atoms with Crippen molar-refractivity contribution in [1.29, 1.82) is 0 Å². The van der Waals surface area contributed by atoms with Crippen LogP contribution in [0.3, 0.4) is 0 Å². The number of amides is 2. The lowest BCUT2D eigenvalue weighted by Gasteiger charge is -2.12. The van der Waals surface area contributed by atoms with Gasteiger partial charge in [0.25, 0.3) is 11.8 Å². The summed E-state index contributed by atoms with van der Waals surface area (Å²) in [6.45, 7) is 0.488. The maximum Gasteiger partial charge on any atom is 0.387 e. The van der Waals surface area contributed by atoms with E-state index in [1.54, 1.807) is 12.1 Å². The number of halogens is 2. The standard InChI is InChI=1S/C19H20F2N2O5/c1-11-4-6-14(8-12(11)2)27-10-17(24)22-23-18(25)13-5-7-15(26-3)16(9-13)28-19(20)21/h4-9,19H,10H2,1-3H3,(H,22,24)(H,23,25). The molecule has 2 N–H and O–H groups in total. The van der Waals surface area contributed by atoms with Crippen LogP contribution in [-0.2, 0) is 4.79 Å². The fourth-order valence-corrected chi connectivity index (χ4v) is 2.19. The molecule has 0 aliphatic carbocycles. The molecule has 2 rings (SSSR count). The summed E-state index contributed by atoms with van der Waals surface area (Å²) in [7, 11) is 1.28. The molecule has 0 heterocycles. The predicted octanol–water partition coefficient (Wildman–Crippen LogP) is 2.75. The summed E-state index contributed by atoms with van der Waals surface area (Å²) in [4.78, 5) is 23.9. The zero-order valence-electron chi connectivity index (χ0n) is 15.5. The molecule has 28 heavy (non-hydrogen) atoms. The van der Waals surface area contributed by atoms with Gasteiger partial charge in [-0.25, -0.2) is 0 Å². The molecule has 0 saturated heterocycles. The van der Waals surface area contributed by atoms with Gasteiger partial charge in [0.15, 0.2) is 18.1 Å². The Labute approximate surface area is 160 Å². The minimum atomic E-state index is -3.07. The van der Waals surface area contributed by atoms with Crippen LogP contribution in [0.5, 0.6) is 17.2 Å². The molecule has 0 radical (unpaired) electrons. The fraction of sp³-hybridized carbons (Fsp3) is 0.263. The van der Waals surface area contributed by atoms with Crippen molar-refractivity contribution in [2.75, 3.05) is 13.7 Å². The lowest BCUT2D eigenvalue weighted by atomic mass is 10.1. The zero-order valence-corrected chi connectivity index (χ0v) is 15.5. The first-order chi connectivity index (χ1) is 13.3. The molecule has 0 atom stereocenters. The van der Waals surface area contributed by atoms with E-state index < -0.39 is 18.4 Å². The molecule has 0 aromatic heterocycles. The number of ether oxygens (including phenoxy) is 3. The monoisotopic (exact) mass is 394 g/mol.